The van der Waals surface area contributed by atoms with Crippen molar-refractivity contribution in [3.05, 3.63) is 24.2 Å². The molecule has 110 valence electrons. The first kappa shape index (κ1) is 16.2. The van der Waals surface area contributed by atoms with E-state index < -0.39 is 6.10 Å². The minimum atomic E-state index is -0.489. The third-order valence-electron chi connectivity index (χ3n) is 2.85. The molecule has 2 N–H and O–H groups in total. The molecule has 0 spiro atoms. The van der Waals surface area contributed by atoms with Crippen LogP contribution >= 0.6 is 0 Å². The fourth-order valence-electron chi connectivity index (χ4n) is 1.64. The number of aliphatic hydroxyl groups is 1. The van der Waals surface area contributed by atoms with Gasteiger partial charge in [0.2, 0.25) is 0 Å². The number of ether oxygens (including phenoxy) is 1. The van der Waals surface area contributed by atoms with E-state index in [1.807, 2.05) is 12.1 Å². The quantitative estimate of drug-likeness (QED) is 0.666. The molecule has 1 heterocycles. The average molecular weight is 270 g/mol. The van der Waals surface area contributed by atoms with Crippen molar-refractivity contribution in [1.82, 2.24) is 10.2 Å². The first-order valence-electron chi connectivity index (χ1n) is 6.74. The highest BCUT2D eigenvalue weighted by molar-refractivity contribution is 4.96. The highest BCUT2D eigenvalue weighted by atomic mass is 16.5. The van der Waals surface area contributed by atoms with Crippen LogP contribution in [0.4, 0.5) is 0 Å². The van der Waals surface area contributed by atoms with Gasteiger partial charge in [0.15, 0.2) is 0 Å². The van der Waals surface area contributed by atoms with Crippen LogP contribution in [0.1, 0.15) is 19.1 Å². The Labute approximate surface area is 115 Å². The SMILES string of the molecule is CC(CCN(C)C)NCC(O)COCc1ccco1. The van der Waals surface area contributed by atoms with Gasteiger partial charge in [-0.3, -0.25) is 0 Å². The molecule has 5 heteroatoms. The van der Waals surface area contributed by atoms with Crippen molar-refractivity contribution in [1.29, 1.82) is 0 Å². The lowest BCUT2D eigenvalue weighted by molar-refractivity contribution is 0.0216. The second-order valence-electron chi connectivity index (χ2n) is 5.15. The van der Waals surface area contributed by atoms with Crippen LogP contribution in [-0.4, -0.2) is 55.9 Å². The molecule has 2 unspecified atom stereocenters. The predicted octanol–water partition coefficient (Wildman–Crippen LogP) is 1.09. The van der Waals surface area contributed by atoms with Gasteiger partial charge in [0.05, 0.1) is 19.0 Å². The molecule has 0 radical (unpaired) electrons. The number of hydrogen-bond acceptors (Lipinski definition) is 5. The fraction of sp³-hybridized carbons (Fsp3) is 0.714. The van der Waals surface area contributed by atoms with E-state index in [2.05, 4.69) is 31.2 Å². The topological polar surface area (TPSA) is 57.9 Å². The highest BCUT2D eigenvalue weighted by Crippen LogP contribution is 2.02. The third kappa shape index (κ3) is 8.00. The molecule has 0 saturated carbocycles. The summed E-state index contributed by atoms with van der Waals surface area (Å²) in [6.45, 7) is 4.43. The van der Waals surface area contributed by atoms with Crippen molar-refractivity contribution in [2.24, 2.45) is 0 Å². The van der Waals surface area contributed by atoms with Crippen LogP contribution in [0.2, 0.25) is 0 Å². The summed E-state index contributed by atoms with van der Waals surface area (Å²) in [5.74, 6) is 0.777. The van der Waals surface area contributed by atoms with Crippen LogP contribution in [0.3, 0.4) is 0 Å². The van der Waals surface area contributed by atoms with Crippen molar-refractivity contribution < 1.29 is 14.3 Å². The molecule has 19 heavy (non-hydrogen) atoms. The van der Waals surface area contributed by atoms with E-state index >= 15 is 0 Å². The zero-order chi connectivity index (χ0) is 14.1. The summed E-state index contributed by atoms with van der Waals surface area (Å²) in [5.41, 5.74) is 0. The van der Waals surface area contributed by atoms with E-state index in [1.54, 1.807) is 6.26 Å². The summed E-state index contributed by atoms with van der Waals surface area (Å²) < 4.78 is 10.5. The normalized spacial score (nSPS) is 14.8. The smallest absolute Gasteiger partial charge is 0.129 e. The Bertz CT molecular complexity index is 315. The standard InChI is InChI=1S/C14H26N2O3/c1-12(6-7-16(2)3)15-9-13(17)10-18-11-14-5-4-8-19-14/h4-5,8,12-13,15,17H,6-7,9-11H2,1-3H3. The minimum Gasteiger partial charge on any atom is -0.467 e. The Balaban J connectivity index is 2.02. The maximum absolute atomic E-state index is 9.78. The maximum Gasteiger partial charge on any atom is 0.129 e. The molecule has 0 aliphatic carbocycles. The van der Waals surface area contributed by atoms with Crippen LogP contribution in [0.25, 0.3) is 0 Å². The average Bonchev–Trinajstić information content (AvgIpc) is 2.87. The molecule has 1 rings (SSSR count). The van der Waals surface area contributed by atoms with Crippen molar-refractivity contribution >= 4 is 0 Å². The molecule has 0 amide bonds. The Morgan fingerprint density at radius 3 is 2.89 bits per heavy atom. The molecule has 0 aliphatic heterocycles. The lowest BCUT2D eigenvalue weighted by atomic mass is 10.2. The van der Waals surface area contributed by atoms with Crippen LogP contribution in [0, 0.1) is 0 Å². The molecule has 1 aromatic heterocycles. The summed E-state index contributed by atoms with van der Waals surface area (Å²) in [4.78, 5) is 2.15. The highest BCUT2D eigenvalue weighted by Gasteiger charge is 2.08. The molecular formula is C14H26N2O3. The van der Waals surface area contributed by atoms with Crippen LogP contribution in [0.5, 0.6) is 0 Å². The second kappa shape index (κ2) is 9.09. The fourth-order valence-corrected chi connectivity index (χ4v) is 1.64. The zero-order valence-electron chi connectivity index (χ0n) is 12.1. The number of nitrogens with zero attached hydrogens (tertiary/aromatic N) is 1. The van der Waals surface area contributed by atoms with Crippen LogP contribution < -0.4 is 5.32 Å². The maximum atomic E-state index is 9.78. The molecule has 0 saturated heterocycles. The van der Waals surface area contributed by atoms with Crippen molar-refractivity contribution in [2.75, 3.05) is 33.8 Å². The predicted molar refractivity (Wildman–Crippen MR) is 75.0 cm³/mol. The molecule has 0 aliphatic rings. The van der Waals surface area contributed by atoms with Crippen molar-refractivity contribution in [2.45, 2.75) is 32.1 Å². The first-order chi connectivity index (χ1) is 9.08. The Kier molecular flexibility index (Phi) is 7.74. The van der Waals surface area contributed by atoms with E-state index in [0.29, 0.717) is 25.8 Å². The van der Waals surface area contributed by atoms with Gasteiger partial charge < -0.3 is 24.5 Å². The molecule has 5 nitrogen and oxygen atoms in total. The number of nitrogens with one attached hydrogen (secondary N) is 1. The number of rotatable bonds is 10. The molecule has 1 aromatic rings. The van der Waals surface area contributed by atoms with Crippen LogP contribution in [-0.2, 0) is 11.3 Å². The van der Waals surface area contributed by atoms with Gasteiger partial charge in [-0.1, -0.05) is 0 Å². The number of aliphatic hydroxyl groups excluding tert-OH is 1. The lowest BCUT2D eigenvalue weighted by Gasteiger charge is -2.18. The third-order valence-corrected chi connectivity index (χ3v) is 2.85. The van der Waals surface area contributed by atoms with Gasteiger partial charge in [-0.15, -0.1) is 0 Å². The summed E-state index contributed by atoms with van der Waals surface area (Å²) in [6.07, 6.45) is 2.19. The van der Waals surface area contributed by atoms with Gasteiger partial charge in [0.25, 0.3) is 0 Å². The molecule has 2 atom stereocenters. The van der Waals surface area contributed by atoms with Gasteiger partial charge in [0.1, 0.15) is 12.4 Å². The number of hydrogen-bond donors (Lipinski definition) is 2. The number of furan rings is 1. The molecular weight excluding hydrogens is 244 g/mol. The lowest BCUT2D eigenvalue weighted by Crippen LogP contribution is -2.37. The van der Waals surface area contributed by atoms with Gasteiger partial charge in [-0.05, 0) is 46.1 Å². The van der Waals surface area contributed by atoms with E-state index in [1.165, 1.54) is 0 Å². The molecule has 0 aromatic carbocycles. The summed E-state index contributed by atoms with van der Waals surface area (Å²) in [5, 5.41) is 13.1. The van der Waals surface area contributed by atoms with Crippen LogP contribution in [0.15, 0.2) is 22.8 Å². The van der Waals surface area contributed by atoms with Gasteiger partial charge in [0, 0.05) is 12.6 Å². The molecule has 0 fully saturated rings. The van der Waals surface area contributed by atoms with Gasteiger partial charge in [-0.25, -0.2) is 0 Å². The Hall–Kier alpha value is -0.880. The van der Waals surface area contributed by atoms with Crippen molar-refractivity contribution in [3.8, 4) is 0 Å². The van der Waals surface area contributed by atoms with E-state index in [-0.39, 0.29) is 0 Å². The summed E-state index contributed by atoms with van der Waals surface area (Å²) in [7, 11) is 4.12. The largest absolute Gasteiger partial charge is 0.467 e. The first-order valence-corrected chi connectivity index (χ1v) is 6.74. The van der Waals surface area contributed by atoms with E-state index in [0.717, 1.165) is 18.7 Å². The van der Waals surface area contributed by atoms with Crippen molar-refractivity contribution in [3.63, 3.8) is 0 Å². The van der Waals surface area contributed by atoms with Gasteiger partial charge >= 0.3 is 0 Å². The summed E-state index contributed by atoms with van der Waals surface area (Å²) >= 11 is 0. The van der Waals surface area contributed by atoms with Gasteiger partial charge in [-0.2, -0.15) is 0 Å². The van der Waals surface area contributed by atoms with E-state index in [9.17, 15) is 5.11 Å². The molecule has 0 bridgehead atoms. The summed E-state index contributed by atoms with van der Waals surface area (Å²) in [6, 6.07) is 4.07. The monoisotopic (exact) mass is 270 g/mol. The Morgan fingerprint density at radius 1 is 1.47 bits per heavy atom. The zero-order valence-corrected chi connectivity index (χ0v) is 12.1. The second-order valence-corrected chi connectivity index (χ2v) is 5.15. The Morgan fingerprint density at radius 2 is 2.26 bits per heavy atom. The van der Waals surface area contributed by atoms with E-state index in [4.69, 9.17) is 9.15 Å². The minimum absolute atomic E-state index is 0.314.